The van der Waals surface area contributed by atoms with Crippen LogP contribution in [0.3, 0.4) is 0 Å². The van der Waals surface area contributed by atoms with Crippen LogP contribution >= 0.6 is 11.8 Å². The largest absolute Gasteiger partial charge is 0.477 e. The zero-order valence-corrected chi connectivity index (χ0v) is 12.6. The van der Waals surface area contributed by atoms with Gasteiger partial charge in [-0.2, -0.15) is 11.8 Å². The standard InChI is InChI=1S/C11H18N2O4S2/c1-13-8-9(7-10(13)11(14)15)19(16,17)12-5-3-4-6-18-2/h7-8,12H,3-6H2,1-2H3,(H,14,15). The molecule has 1 aromatic heterocycles. The highest BCUT2D eigenvalue weighted by Crippen LogP contribution is 2.13. The molecule has 0 fully saturated rings. The van der Waals surface area contributed by atoms with Gasteiger partial charge >= 0.3 is 5.97 Å². The topological polar surface area (TPSA) is 88.4 Å². The van der Waals surface area contributed by atoms with E-state index in [1.807, 2.05) is 6.26 Å². The summed E-state index contributed by atoms with van der Waals surface area (Å²) in [5, 5.41) is 8.88. The van der Waals surface area contributed by atoms with Gasteiger partial charge in [0.25, 0.3) is 0 Å². The molecule has 0 saturated heterocycles. The van der Waals surface area contributed by atoms with Crippen LogP contribution in [0.15, 0.2) is 17.2 Å². The molecule has 2 N–H and O–H groups in total. The normalized spacial score (nSPS) is 11.7. The molecule has 108 valence electrons. The first-order valence-corrected chi connectivity index (χ1v) is 8.64. The molecule has 0 radical (unpaired) electrons. The number of nitrogens with zero attached hydrogens (tertiary/aromatic N) is 1. The van der Waals surface area contributed by atoms with Crippen LogP contribution in [0.5, 0.6) is 0 Å². The Labute approximate surface area is 117 Å². The lowest BCUT2D eigenvalue weighted by atomic mass is 10.3. The SMILES string of the molecule is CSCCCCNS(=O)(=O)c1cc(C(=O)O)n(C)c1. The van der Waals surface area contributed by atoms with Crippen LogP contribution in [0.1, 0.15) is 23.3 Å². The second kappa shape index (κ2) is 6.97. The van der Waals surface area contributed by atoms with Gasteiger partial charge in [0, 0.05) is 19.8 Å². The molecule has 1 rings (SSSR count). The molecular formula is C11H18N2O4S2. The quantitative estimate of drug-likeness (QED) is 0.703. The maximum Gasteiger partial charge on any atom is 0.352 e. The van der Waals surface area contributed by atoms with Crippen molar-refractivity contribution in [1.29, 1.82) is 0 Å². The van der Waals surface area contributed by atoms with Crippen LogP contribution in [0.2, 0.25) is 0 Å². The molecule has 0 saturated carbocycles. The Hall–Kier alpha value is -0.990. The van der Waals surface area contributed by atoms with Crippen LogP contribution in [-0.2, 0) is 17.1 Å². The van der Waals surface area contributed by atoms with E-state index < -0.39 is 16.0 Å². The number of unbranched alkanes of at least 4 members (excludes halogenated alkanes) is 1. The molecule has 0 bridgehead atoms. The maximum atomic E-state index is 11.9. The lowest BCUT2D eigenvalue weighted by molar-refractivity contribution is 0.0686. The van der Waals surface area contributed by atoms with Crippen molar-refractivity contribution in [2.45, 2.75) is 17.7 Å². The summed E-state index contributed by atoms with van der Waals surface area (Å²) in [5.74, 6) is -0.153. The number of nitrogens with one attached hydrogen (secondary N) is 1. The highest BCUT2D eigenvalue weighted by molar-refractivity contribution is 7.98. The molecule has 0 aliphatic heterocycles. The number of carboxylic acid groups (broad SMARTS) is 1. The molecule has 0 aromatic carbocycles. The highest BCUT2D eigenvalue weighted by atomic mass is 32.2. The van der Waals surface area contributed by atoms with Gasteiger partial charge in [0.05, 0.1) is 0 Å². The second-order valence-corrected chi connectivity index (χ2v) is 6.83. The molecule has 1 aromatic rings. The van der Waals surface area contributed by atoms with E-state index in [-0.39, 0.29) is 10.6 Å². The van der Waals surface area contributed by atoms with Gasteiger partial charge in [0.15, 0.2) is 0 Å². The van der Waals surface area contributed by atoms with Gasteiger partial charge in [0.1, 0.15) is 10.6 Å². The van der Waals surface area contributed by atoms with E-state index in [1.165, 1.54) is 17.8 Å². The summed E-state index contributed by atoms with van der Waals surface area (Å²) in [6.45, 7) is 0.361. The predicted molar refractivity (Wildman–Crippen MR) is 75.2 cm³/mol. The Kier molecular flexibility index (Phi) is 5.89. The second-order valence-electron chi connectivity index (χ2n) is 4.07. The fourth-order valence-corrected chi connectivity index (χ4v) is 3.19. The smallest absolute Gasteiger partial charge is 0.352 e. The first kappa shape index (κ1) is 16.1. The summed E-state index contributed by atoms with van der Waals surface area (Å²) >= 11 is 1.72. The van der Waals surface area contributed by atoms with Crippen molar-refractivity contribution in [3.05, 3.63) is 18.0 Å². The Morgan fingerprint density at radius 3 is 2.68 bits per heavy atom. The monoisotopic (exact) mass is 306 g/mol. The molecule has 19 heavy (non-hydrogen) atoms. The lowest BCUT2D eigenvalue weighted by Crippen LogP contribution is -2.24. The molecule has 0 atom stereocenters. The minimum atomic E-state index is -3.62. The van der Waals surface area contributed by atoms with Crippen molar-refractivity contribution in [3.8, 4) is 0 Å². The molecule has 6 nitrogen and oxygen atoms in total. The molecule has 8 heteroatoms. The fourth-order valence-electron chi connectivity index (χ4n) is 1.56. The predicted octanol–water partition coefficient (Wildman–Crippen LogP) is 1.14. The molecule has 1 heterocycles. The molecule has 0 aliphatic carbocycles. The number of aryl methyl sites for hydroxylation is 1. The van der Waals surface area contributed by atoms with Crippen LogP contribution in [0.4, 0.5) is 0 Å². The Morgan fingerprint density at radius 1 is 1.47 bits per heavy atom. The lowest BCUT2D eigenvalue weighted by Gasteiger charge is -2.04. The van der Waals surface area contributed by atoms with Crippen molar-refractivity contribution in [1.82, 2.24) is 9.29 Å². The third-order valence-corrected chi connectivity index (χ3v) is 4.70. The Balaban J connectivity index is 2.67. The summed E-state index contributed by atoms with van der Waals surface area (Å²) in [7, 11) is -2.12. The number of hydrogen-bond donors (Lipinski definition) is 2. The van der Waals surface area contributed by atoms with Gasteiger partial charge in [-0.25, -0.2) is 17.9 Å². The number of carbonyl (C=O) groups is 1. The summed E-state index contributed by atoms with van der Waals surface area (Å²) < 4.78 is 27.6. The van der Waals surface area contributed by atoms with Gasteiger partial charge in [-0.15, -0.1) is 0 Å². The van der Waals surface area contributed by atoms with E-state index >= 15 is 0 Å². The first-order valence-electron chi connectivity index (χ1n) is 5.76. The highest BCUT2D eigenvalue weighted by Gasteiger charge is 2.19. The van der Waals surface area contributed by atoms with Crippen molar-refractivity contribution in [2.75, 3.05) is 18.6 Å². The van der Waals surface area contributed by atoms with Crippen LogP contribution < -0.4 is 4.72 Å². The number of aromatic nitrogens is 1. The summed E-state index contributed by atoms with van der Waals surface area (Å²) in [4.78, 5) is 10.8. The molecule has 0 aliphatic rings. The number of sulfonamides is 1. The Bertz CT molecular complexity index is 537. The number of hydrogen-bond acceptors (Lipinski definition) is 4. The van der Waals surface area contributed by atoms with E-state index in [1.54, 1.807) is 11.8 Å². The number of aromatic carboxylic acids is 1. The van der Waals surface area contributed by atoms with Crippen molar-refractivity contribution in [2.24, 2.45) is 7.05 Å². The van der Waals surface area contributed by atoms with Gasteiger partial charge in [-0.05, 0) is 30.9 Å². The van der Waals surface area contributed by atoms with Crippen LogP contribution in [0, 0.1) is 0 Å². The average Bonchev–Trinajstić information content (AvgIpc) is 2.72. The van der Waals surface area contributed by atoms with Crippen LogP contribution in [-0.4, -0.2) is 42.6 Å². The fraction of sp³-hybridized carbons (Fsp3) is 0.545. The van der Waals surface area contributed by atoms with Gasteiger partial charge < -0.3 is 9.67 Å². The van der Waals surface area contributed by atoms with Crippen molar-refractivity contribution < 1.29 is 18.3 Å². The molecule has 0 unspecified atom stereocenters. The Morgan fingerprint density at radius 2 is 2.16 bits per heavy atom. The number of rotatable bonds is 8. The zero-order valence-electron chi connectivity index (χ0n) is 10.9. The molecule has 0 amide bonds. The van der Waals surface area contributed by atoms with Gasteiger partial charge in [0.2, 0.25) is 10.0 Å². The first-order chi connectivity index (χ1) is 8.88. The summed E-state index contributed by atoms with van der Waals surface area (Å²) in [6.07, 6.45) is 5.01. The zero-order chi connectivity index (χ0) is 14.5. The third-order valence-electron chi connectivity index (χ3n) is 2.58. The van der Waals surface area contributed by atoms with Crippen molar-refractivity contribution in [3.63, 3.8) is 0 Å². The van der Waals surface area contributed by atoms with E-state index in [0.29, 0.717) is 6.54 Å². The minimum Gasteiger partial charge on any atom is -0.477 e. The molecular weight excluding hydrogens is 288 g/mol. The minimum absolute atomic E-state index is 0.0164. The molecule has 0 spiro atoms. The van der Waals surface area contributed by atoms with Crippen molar-refractivity contribution >= 4 is 27.8 Å². The average molecular weight is 306 g/mol. The van der Waals surface area contributed by atoms with Gasteiger partial charge in [-0.3, -0.25) is 0 Å². The van der Waals surface area contributed by atoms with Gasteiger partial charge in [-0.1, -0.05) is 0 Å². The van der Waals surface area contributed by atoms with E-state index in [4.69, 9.17) is 5.11 Å². The maximum absolute atomic E-state index is 11.9. The third kappa shape index (κ3) is 4.55. The summed E-state index contributed by atoms with van der Waals surface area (Å²) in [6, 6.07) is 1.16. The van der Waals surface area contributed by atoms with Crippen LogP contribution in [0.25, 0.3) is 0 Å². The number of thioether (sulfide) groups is 1. The van der Waals surface area contributed by atoms with E-state index in [9.17, 15) is 13.2 Å². The summed E-state index contributed by atoms with van der Waals surface area (Å²) in [5.41, 5.74) is -0.0530. The van der Waals surface area contributed by atoms with E-state index in [0.717, 1.165) is 24.7 Å². The van der Waals surface area contributed by atoms with E-state index in [2.05, 4.69) is 4.72 Å². The number of carboxylic acids is 1.